The van der Waals surface area contributed by atoms with Gasteiger partial charge in [-0.3, -0.25) is 14.6 Å². The second-order valence-electron chi connectivity index (χ2n) is 6.49. The number of hydrogen-bond acceptors (Lipinski definition) is 3. The Morgan fingerprint density at radius 2 is 1.92 bits per heavy atom. The maximum Gasteiger partial charge on any atom is 0.406 e. The van der Waals surface area contributed by atoms with Crippen molar-refractivity contribution in [3.63, 3.8) is 0 Å². The summed E-state index contributed by atoms with van der Waals surface area (Å²) in [5.74, 6) is -1.07. The molecule has 0 N–H and O–H groups in total. The first-order valence-corrected chi connectivity index (χ1v) is 8.16. The van der Waals surface area contributed by atoms with Crippen LogP contribution < -0.4 is 0 Å². The van der Waals surface area contributed by atoms with Crippen LogP contribution in [0, 0.1) is 13.8 Å². The average Bonchev–Trinajstić information content (AvgIpc) is 2.54. The van der Waals surface area contributed by atoms with Gasteiger partial charge in [-0.25, -0.2) is 0 Å². The van der Waals surface area contributed by atoms with Crippen LogP contribution in [-0.4, -0.2) is 59.0 Å². The molecule has 0 atom stereocenters. The summed E-state index contributed by atoms with van der Waals surface area (Å²) >= 11 is 0. The maximum atomic E-state index is 12.9. The molecule has 1 aromatic heterocycles. The number of hydrogen-bond donors (Lipinski definition) is 0. The normalized spacial score (nSPS) is 15.7. The number of aryl methyl sites for hydroxylation is 2. The van der Waals surface area contributed by atoms with Crippen LogP contribution in [0.25, 0.3) is 10.9 Å². The van der Waals surface area contributed by atoms with Crippen LogP contribution in [0.5, 0.6) is 0 Å². The van der Waals surface area contributed by atoms with Crippen molar-refractivity contribution in [3.05, 3.63) is 41.1 Å². The number of aromatic nitrogens is 1. The largest absolute Gasteiger partial charge is 0.406 e. The summed E-state index contributed by atoms with van der Waals surface area (Å²) < 4.78 is 37.5. The van der Waals surface area contributed by atoms with E-state index >= 15 is 0 Å². The molecule has 3 rings (SSSR count). The van der Waals surface area contributed by atoms with Gasteiger partial charge in [0.1, 0.15) is 13.1 Å². The summed E-state index contributed by atoms with van der Waals surface area (Å²) in [7, 11) is 0. The van der Waals surface area contributed by atoms with Crippen LogP contribution in [0.1, 0.15) is 21.6 Å². The molecular formula is C18H18F3N3O2. The number of carbonyl (C=O) groups excluding carboxylic acids is 2. The summed E-state index contributed by atoms with van der Waals surface area (Å²) in [4.78, 5) is 31.4. The van der Waals surface area contributed by atoms with Crippen LogP contribution in [0.3, 0.4) is 0 Å². The number of halogens is 3. The van der Waals surface area contributed by atoms with E-state index in [-0.39, 0.29) is 25.5 Å². The zero-order valence-corrected chi connectivity index (χ0v) is 14.4. The Bertz CT molecular complexity index is 880. The number of nitrogens with zero attached hydrogens (tertiary/aromatic N) is 3. The number of alkyl halides is 3. The fraction of sp³-hybridized carbons (Fsp3) is 0.389. The van der Waals surface area contributed by atoms with E-state index in [0.29, 0.717) is 22.2 Å². The fourth-order valence-corrected chi connectivity index (χ4v) is 3.08. The molecule has 26 heavy (non-hydrogen) atoms. The zero-order chi connectivity index (χ0) is 19.1. The van der Waals surface area contributed by atoms with Gasteiger partial charge in [0.15, 0.2) is 0 Å². The number of rotatable bonds is 2. The summed E-state index contributed by atoms with van der Waals surface area (Å²) in [6, 6.07) is 7.21. The summed E-state index contributed by atoms with van der Waals surface area (Å²) in [6.45, 7) is 1.95. The smallest absolute Gasteiger partial charge is 0.330 e. The Kier molecular flexibility index (Phi) is 4.60. The molecule has 0 aliphatic carbocycles. The van der Waals surface area contributed by atoms with Crippen LogP contribution in [0.4, 0.5) is 13.2 Å². The number of carbonyl (C=O) groups is 2. The Morgan fingerprint density at radius 3 is 2.58 bits per heavy atom. The highest BCUT2D eigenvalue weighted by Crippen LogP contribution is 2.23. The van der Waals surface area contributed by atoms with Crippen molar-refractivity contribution in [2.75, 3.05) is 26.2 Å². The van der Waals surface area contributed by atoms with E-state index in [1.807, 2.05) is 25.1 Å². The SMILES string of the molecule is Cc1ccc2nc(C)cc(C(=O)N3CCN(CC(F)(F)F)C(=O)C3)c2c1. The molecule has 2 heterocycles. The van der Waals surface area contributed by atoms with Crippen molar-refractivity contribution in [1.29, 1.82) is 0 Å². The van der Waals surface area contributed by atoms with Crippen LogP contribution in [0.15, 0.2) is 24.3 Å². The van der Waals surface area contributed by atoms with Gasteiger partial charge in [-0.05, 0) is 32.0 Å². The molecule has 0 bridgehead atoms. The Balaban J connectivity index is 1.86. The third-order valence-electron chi connectivity index (χ3n) is 4.30. The molecule has 2 aromatic rings. The van der Waals surface area contributed by atoms with Gasteiger partial charge in [-0.1, -0.05) is 11.6 Å². The van der Waals surface area contributed by atoms with E-state index in [2.05, 4.69) is 4.98 Å². The Morgan fingerprint density at radius 1 is 1.19 bits per heavy atom. The van der Waals surface area contributed by atoms with E-state index in [0.717, 1.165) is 10.5 Å². The molecule has 1 aliphatic rings. The summed E-state index contributed by atoms with van der Waals surface area (Å²) in [5, 5.41) is 0.672. The van der Waals surface area contributed by atoms with Gasteiger partial charge in [-0.2, -0.15) is 13.2 Å². The lowest BCUT2D eigenvalue weighted by Crippen LogP contribution is -2.54. The highest BCUT2D eigenvalue weighted by atomic mass is 19.4. The van der Waals surface area contributed by atoms with Gasteiger partial charge >= 0.3 is 6.18 Å². The minimum atomic E-state index is -4.45. The topological polar surface area (TPSA) is 53.5 Å². The molecule has 0 unspecified atom stereocenters. The monoisotopic (exact) mass is 365 g/mol. The Labute approximate surface area is 148 Å². The van der Waals surface area contributed by atoms with Crippen molar-refractivity contribution in [1.82, 2.24) is 14.8 Å². The molecule has 1 saturated heterocycles. The van der Waals surface area contributed by atoms with E-state index < -0.39 is 18.6 Å². The molecule has 1 fully saturated rings. The number of amides is 2. The van der Waals surface area contributed by atoms with Crippen molar-refractivity contribution in [2.24, 2.45) is 0 Å². The minimum Gasteiger partial charge on any atom is -0.330 e. The van der Waals surface area contributed by atoms with Gasteiger partial charge in [0.25, 0.3) is 5.91 Å². The predicted octanol–water partition coefficient (Wildman–Crippen LogP) is 2.70. The lowest BCUT2D eigenvalue weighted by Gasteiger charge is -2.34. The van der Waals surface area contributed by atoms with E-state index in [9.17, 15) is 22.8 Å². The highest BCUT2D eigenvalue weighted by Gasteiger charge is 2.36. The third-order valence-corrected chi connectivity index (χ3v) is 4.30. The van der Waals surface area contributed by atoms with E-state index in [1.165, 1.54) is 4.90 Å². The first-order valence-electron chi connectivity index (χ1n) is 8.16. The third kappa shape index (κ3) is 3.79. The average molecular weight is 365 g/mol. The van der Waals surface area contributed by atoms with Crippen molar-refractivity contribution < 1.29 is 22.8 Å². The fourth-order valence-electron chi connectivity index (χ4n) is 3.08. The van der Waals surface area contributed by atoms with Crippen molar-refractivity contribution >= 4 is 22.7 Å². The van der Waals surface area contributed by atoms with Gasteiger partial charge < -0.3 is 9.80 Å². The van der Waals surface area contributed by atoms with Crippen LogP contribution in [0.2, 0.25) is 0 Å². The predicted molar refractivity (Wildman–Crippen MR) is 89.8 cm³/mol. The molecule has 8 heteroatoms. The molecule has 138 valence electrons. The van der Waals surface area contributed by atoms with Crippen LogP contribution >= 0.6 is 0 Å². The summed E-state index contributed by atoms with van der Waals surface area (Å²) in [6.07, 6.45) is -4.45. The lowest BCUT2D eigenvalue weighted by molar-refractivity contribution is -0.164. The molecule has 5 nitrogen and oxygen atoms in total. The van der Waals surface area contributed by atoms with Crippen molar-refractivity contribution in [3.8, 4) is 0 Å². The number of piperazine rings is 1. The Hall–Kier alpha value is -2.64. The lowest BCUT2D eigenvalue weighted by atomic mass is 10.0. The van der Waals surface area contributed by atoms with E-state index in [1.54, 1.807) is 13.0 Å². The standard InChI is InChI=1S/C18H18F3N3O2/c1-11-3-4-15-13(7-11)14(8-12(2)22-15)17(26)23-5-6-24(16(25)9-23)10-18(19,20)21/h3-4,7-8H,5-6,9-10H2,1-2H3. The molecule has 2 amide bonds. The first kappa shape index (κ1) is 18.2. The van der Waals surface area contributed by atoms with Crippen LogP contribution in [-0.2, 0) is 4.79 Å². The second kappa shape index (κ2) is 6.59. The number of benzene rings is 1. The minimum absolute atomic E-state index is 0.0648. The maximum absolute atomic E-state index is 12.9. The van der Waals surface area contributed by atoms with Crippen molar-refractivity contribution in [2.45, 2.75) is 20.0 Å². The van der Waals surface area contributed by atoms with Gasteiger partial charge in [0.2, 0.25) is 5.91 Å². The first-order chi connectivity index (χ1) is 12.1. The highest BCUT2D eigenvalue weighted by molar-refractivity contribution is 6.07. The summed E-state index contributed by atoms with van der Waals surface area (Å²) in [5.41, 5.74) is 2.70. The van der Waals surface area contributed by atoms with Gasteiger partial charge in [-0.15, -0.1) is 0 Å². The zero-order valence-electron chi connectivity index (χ0n) is 14.4. The number of fused-ring (bicyclic) bond motifs is 1. The molecule has 0 spiro atoms. The quantitative estimate of drug-likeness (QED) is 0.822. The van der Waals surface area contributed by atoms with Gasteiger partial charge in [0, 0.05) is 24.2 Å². The second-order valence-corrected chi connectivity index (χ2v) is 6.49. The molecule has 1 aromatic carbocycles. The van der Waals surface area contributed by atoms with Gasteiger partial charge in [0.05, 0.1) is 11.1 Å². The molecule has 1 aliphatic heterocycles. The van der Waals surface area contributed by atoms with E-state index in [4.69, 9.17) is 0 Å². The molecule has 0 radical (unpaired) electrons. The molecule has 0 saturated carbocycles. The number of pyridine rings is 1. The molecular weight excluding hydrogens is 347 g/mol.